The van der Waals surface area contributed by atoms with Crippen molar-refractivity contribution in [1.29, 1.82) is 0 Å². The Morgan fingerprint density at radius 2 is 2.06 bits per heavy atom. The Labute approximate surface area is 114 Å². The average molecular weight is 315 g/mol. The number of hydrogen-bond donors (Lipinski definition) is 1. The van der Waals surface area contributed by atoms with E-state index in [9.17, 15) is 9.59 Å². The number of benzene rings is 1. The van der Waals surface area contributed by atoms with Crippen molar-refractivity contribution in [3.63, 3.8) is 0 Å². The molecular formula is C13H15BrO4. The van der Waals surface area contributed by atoms with Crippen LogP contribution in [0.4, 0.5) is 0 Å². The van der Waals surface area contributed by atoms with Gasteiger partial charge in [-0.3, -0.25) is 4.79 Å². The predicted molar refractivity (Wildman–Crippen MR) is 70.9 cm³/mol. The topological polar surface area (TPSA) is 63.6 Å². The van der Waals surface area contributed by atoms with E-state index in [0.29, 0.717) is 12.0 Å². The highest BCUT2D eigenvalue weighted by Crippen LogP contribution is 2.26. The number of hydrogen-bond acceptors (Lipinski definition) is 3. The molecule has 1 aromatic carbocycles. The number of alkyl halides is 1. The van der Waals surface area contributed by atoms with Gasteiger partial charge in [0, 0.05) is 5.56 Å². The molecule has 0 saturated heterocycles. The van der Waals surface area contributed by atoms with E-state index in [0.717, 1.165) is 6.42 Å². The summed E-state index contributed by atoms with van der Waals surface area (Å²) in [5, 5.41) is 9.22. The number of ether oxygens (including phenoxy) is 1. The molecule has 4 nitrogen and oxygen atoms in total. The van der Waals surface area contributed by atoms with Crippen LogP contribution in [0.3, 0.4) is 0 Å². The Morgan fingerprint density at radius 1 is 1.39 bits per heavy atom. The Kier molecular flexibility index (Phi) is 5.85. The summed E-state index contributed by atoms with van der Waals surface area (Å²) in [6.45, 7) is 1.96. The molecule has 0 fully saturated rings. The van der Waals surface area contributed by atoms with E-state index in [4.69, 9.17) is 9.84 Å². The largest absolute Gasteiger partial charge is 0.478 e. The van der Waals surface area contributed by atoms with Crippen LogP contribution in [-0.2, 0) is 9.53 Å². The van der Waals surface area contributed by atoms with E-state index in [1.54, 1.807) is 18.2 Å². The summed E-state index contributed by atoms with van der Waals surface area (Å²) in [7, 11) is 0. The maximum atomic E-state index is 11.3. The van der Waals surface area contributed by atoms with Crippen molar-refractivity contribution in [2.24, 2.45) is 0 Å². The molecule has 18 heavy (non-hydrogen) atoms. The zero-order valence-corrected chi connectivity index (χ0v) is 11.6. The van der Waals surface area contributed by atoms with Gasteiger partial charge in [0.1, 0.15) is 11.4 Å². The highest BCUT2D eigenvalue weighted by atomic mass is 79.9. The van der Waals surface area contributed by atoms with Gasteiger partial charge in [0.05, 0.1) is 5.56 Å². The lowest BCUT2D eigenvalue weighted by Gasteiger charge is -2.18. The predicted octanol–water partition coefficient (Wildman–Crippen LogP) is 3.16. The van der Waals surface area contributed by atoms with Gasteiger partial charge >= 0.3 is 11.9 Å². The first-order valence-corrected chi connectivity index (χ1v) is 6.80. The van der Waals surface area contributed by atoms with Crippen molar-refractivity contribution in [3.8, 4) is 0 Å². The fraction of sp³-hybridized carbons (Fsp3) is 0.385. The molecule has 0 radical (unpaired) electrons. The Hall–Kier alpha value is -1.36. The number of aromatic carboxylic acids is 1. The summed E-state index contributed by atoms with van der Waals surface area (Å²) in [5.41, 5.74) is 0.722. The van der Waals surface area contributed by atoms with Crippen LogP contribution in [0.15, 0.2) is 24.3 Å². The van der Waals surface area contributed by atoms with Crippen LogP contribution < -0.4 is 0 Å². The molecule has 0 heterocycles. The maximum absolute atomic E-state index is 11.3. The molecule has 1 N–H and O–H groups in total. The highest BCUT2D eigenvalue weighted by Gasteiger charge is 2.21. The molecular weight excluding hydrogens is 300 g/mol. The Bertz CT molecular complexity index is 431. The second kappa shape index (κ2) is 7.16. The third kappa shape index (κ3) is 3.84. The van der Waals surface area contributed by atoms with Crippen LogP contribution in [0.1, 0.15) is 41.8 Å². The minimum absolute atomic E-state index is 0.0997. The Morgan fingerprint density at radius 3 is 2.61 bits per heavy atom. The van der Waals surface area contributed by atoms with Crippen LogP contribution in [0, 0.1) is 0 Å². The molecule has 0 amide bonds. The summed E-state index contributed by atoms with van der Waals surface area (Å²) in [6, 6.07) is 6.60. The fourth-order valence-corrected chi connectivity index (χ4v) is 1.83. The van der Waals surface area contributed by atoms with Crippen LogP contribution >= 0.6 is 15.9 Å². The van der Waals surface area contributed by atoms with Gasteiger partial charge < -0.3 is 9.84 Å². The quantitative estimate of drug-likeness (QED) is 0.647. The minimum Gasteiger partial charge on any atom is -0.478 e. The lowest BCUT2D eigenvalue weighted by Crippen LogP contribution is -2.15. The van der Waals surface area contributed by atoms with Crippen molar-refractivity contribution in [2.45, 2.75) is 25.9 Å². The first kappa shape index (κ1) is 14.7. The van der Waals surface area contributed by atoms with Crippen LogP contribution in [0.2, 0.25) is 0 Å². The van der Waals surface area contributed by atoms with E-state index in [2.05, 4.69) is 15.9 Å². The molecule has 0 aliphatic heterocycles. The third-order valence-corrected chi connectivity index (χ3v) is 2.93. The zero-order chi connectivity index (χ0) is 13.5. The van der Waals surface area contributed by atoms with Crippen LogP contribution in [0.5, 0.6) is 0 Å². The number of halogens is 1. The van der Waals surface area contributed by atoms with Gasteiger partial charge in [-0.2, -0.15) is 0 Å². The number of carbonyl (C=O) groups is 2. The van der Waals surface area contributed by atoms with Gasteiger partial charge in [0.15, 0.2) is 0 Å². The molecule has 5 heteroatoms. The lowest BCUT2D eigenvalue weighted by atomic mass is 9.99. The van der Waals surface area contributed by atoms with E-state index in [1.807, 2.05) is 6.92 Å². The monoisotopic (exact) mass is 314 g/mol. The smallest absolute Gasteiger partial charge is 0.336 e. The molecule has 1 rings (SSSR count). The van der Waals surface area contributed by atoms with Crippen molar-refractivity contribution in [3.05, 3.63) is 35.4 Å². The average Bonchev–Trinajstić information content (AvgIpc) is 2.38. The molecule has 1 atom stereocenters. The number of rotatable bonds is 6. The van der Waals surface area contributed by atoms with Gasteiger partial charge in [-0.25, -0.2) is 4.79 Å². The van der Waals surface area contributed by atoms with Crippen LogP contribution in [0.25, 0.3) is 0 Å². The minimum atomic E-state index is -1.01. The molecule has 0 aliphatic rings. The molecule has 0 saturated carbocycles. The fourth-order valence-electron chi connectivity index (χ4n) is 1.70. The summed E-state index contributed by atoms with van der Waals surface area (Å²) >= 11 is 3.02. The third-order valence-electron chi connectivity index (χ3n) is 2.47. The SMILES string of the molecule is CCCC(OC(=O)CBr)c1ccccc1C(=O)O. The summed E-state index contributed by atoms with van der Waals surface area (Å²) < 4.78 is 5.27. The van der Waals surface area contributed by atoms with E-state index in [1.165, 1.54) is 6.07 Å². The molecule has 0 bridgehead atoms. The molecule has 1 aromatic rings. The summed E-state index contributed by atoms with van der Waals surface area (Å²) in [5.74, 6) is -1.41. The number of carbonyl (C=O) groups excluding carboxylic acids is 1. The maximum Gasteiger partial charge on any atom is 0.336 e. The first-order valence-electron chi connectivity index (χ1n) is 5.67. The number of esters is 1. The van der Waals surface area contributed by atoms with Gasteiger partial charge in [-0.05, 0) is 12.5 Å². The van der Waals surface area contributed by atoms with Gasteiger partial charge in [0.2, 0.25) is 0 Å². The van der Waals surface area contributed by atoms with Crippen molar-refractivity contribution >= 4 is 27.9 Å². The van der Waals surface area contributed by atoms with Crippen molar-refractivity contribution in [2.75, 3.05) is 5.33 Å². The highest BCUT2D eigenvalue weighted by molar-refractivity contribution is 9.09. The molecule has 0 aromatic heterocycles. The molecule has 0 spiro atoms. The van der Waals surface area contributed by atoms with Gasteiger partial charge in [-0.15, -0.1) is 0 Å². The second-order valence-corrected chi connectivity index (χ2v) is 4.35. The van der Waals surface area contributed by atoms with Crippen molar-refractivity contribution < 1.29 is 19.4 Å². The van der Waals surface area contributed by atoms with Crippen molar-refractivity contribution in [1.82, 2.24) is 0 Å². The molecule has 1 unspecified atom stereocenters. The Balaban J connectivity index is 3.04. The lowest BCUT2D eigenvalue weighted by molar-refractivity contribution is -0.146. The van der Waals surface area contributed by atoms with E-state index < -0.39 is 18.0 Å². The van der Waals surface area contributed by atoms with E-state index >= 15 is 0 Å². The van der Waals surface area contributed by atoms with Crippen LogP contribution in [-0.4, -0.2) is 22.4 Å². The summed E-state index contributed by atoms with van der Waals surface area (Å²) in [4.78, 5) is 22.5. The molecule has 98 valence electrons. The van der Waals surface area contributed by atoms with E-state index in [-0.39, 0.29) is 10.9 Å². The number of carboxylic acids is 1. The van der Waals surface area contributed by atoms with Gasteiger partial charge in [0.25, 0.3) is 0 Å². The number of carboxylic acid groups (broad SMARTS) is 1. The summed E-state index contributed by atoms with van der Waals surface area (Å²) in [6.07, 6.45) is 0.893. The molecule has 0 aliphatic carbocycles. The first-order chi connectivity index (χ1) is 8.60. The zero-order valence-electron chi connectivity index (χ0n) is 10.1. The second-order valence-electron chi connectivity index (χ2n) is 3.79. The normalized spacial score (nSPS) is 11.9. The van der Waals surface area contributed by atoms with Gasteiger partial charge in [-0.1, -0.05) is 47.5 Å². The standard InChI is InChI=1S/C13H15BrO4/c1-2-5-11(18-12(15)8-14)9-6-3-4-7-10(9)13(16)17/h3-4,6-7,11H,2,5,8H2,1H3,(H,16,17).